The Hall–Kier alpha value is -1.82. The third kappa shape index (κ3) is 4.32. The summed E-state index contributed by atoms with van der Waals surface area (Å²) in [5.74, 6) is -0.155. The minimum atomic E-state index is -0.900. The SMILES string of the molecule is CCCc1ccccc1NC(=O)C(C#N)(CCC)CCC. The van der Waals surface area contributed by atoms with Gasteiger partial charge in [0.05, 0.1) is 6.07 Å². The Balaban J connectivity index is 2.99. The Morgan fingerprint density at radius 3 is 2.29 bits per heavy atom. The molecule has 0 aliphatic rings. The molecule has 0 radical (unpaired) electrons. The van der Waals surface area contributed by atoms with Gasteiger partial charge in [0.1, 0.15) is 5.41 Å². The summed E-state index contributed by atoms with van der Waals surface area (Å²) in [6.07, 6.45) is 4.84. The molecule has 1 N–H and O–H groups in total. The van der Waals surface area contributed by atoms with Crippen LogP contribution in [0.15, 0.2) is 24.3 Å². The first-order valence-corrected chi connectivity index (χ1v) is 7.94. The van der Waals surface area contributed by atoms with Crippen LogP contribution in [-0.2, 0) is 11.2 Å². The summed E-state index contributed by atoms with van der Waals surface area (Å²) in [4.78, 5) is 12.7. The van der Waals surface area contributed by atoms with Gasteiger partial charge in [0.25, 0.3) is 0 Å². The molecule has 0 bridgehead atoms. The molecule has 3 nitrogen and oxygen atoms in total. The maximum atomic E-state index is 12.7. The maximum absolute atomic E-state index is 12.7. The summed E-state index contributed by atoms with van der Waals surface area (Å²) in [5.41, 5.74) is 1.08. The van der Waals surface area contributed by atoms with Gasteiger partial charge in [-0.15, -0.1) is 0 Å². The fourth-order valence-corrected chi connectivity index (χ4v) is 2.74. The third-order valence-electron chi connectivity index (χ3n) is 3.79. The summed E-state index contributed by atoms with van der Waals surface area (Å²) in [5, 5.41) is 12.5. The van der Waals surface area contributed by atoms with Crippen LogP contribution >= 0.6 is 0 Å². The second kappa shape index (κ2) is 8.46. The highest BCUT2D eigenvalue weighted by Crippen LogP contribution is 2.31. The topological polar surface area (TPSA) is 52.9 Å². The minimum Gasteiger partial charge on any atom is -0.324 e. The number of amides is 1. The van der Waals surface area contributed by atoms with E-state index in [1.165, 1.54) is 0 Å². The fraction of sp³-hybridized carbons (Fsp3) is 0.556. The zero-order valence-corrected chi connectivity index (χ0v) is 13.4. The summed E-state index contributed by atoms with van der Waals surface area (Å²) in [6, 6.07) is 10.1. The molecule has 0 saturated carbocycles. The van der Waals surface area contributed by atoms with Gasteiger partial charge in [-0.25, -0.2) is 0 Å². The van der Waals surface area contributed by atoms with Crippen LogP contribution in [0.2, 0.25) is 0 Å². The Kier molecular flexibility index (Phi) is 6.94. The number of rotatable bonds is 8. The van der Waals surface area contributed by atoms with Crippen molar-refractivity contribution in [2.75, 3.05) is 5.32 Å². The van der Waals surface area contributed by atoms with Gasteiger partial charge in [0, 0.05) is 5.69 Å². The molecule has 3 heteroatoms. The van der Waals surface area contributed by atoms with Crippen molar-refractivity contribution in [2.45, 2.75) is 59.3 Å². The average molecular weight is 286 g/mol. The van der Waals surface area contributed by atoms with Gasteiger partial charge < -0.3 is 5.32 Å². The summed E-state index contributed by atoms with van der Waals surface area (Å²) in [7, 11) is 0. The van der Waals surface area contributed by atoms with Crippen molar-refractivity contribution in [2.24, 2.45) is 5.41 Å². The maximum Gasteiger partial charge on any atom is 0.244 e. The van der Waals surface area contributed by atoms with Gasteiger partial charge in [0.15, 0.2) is 0 Å². The third-order valence-corrected chi connectivity index (χ3v) is 3.79. The molecule has 0 aliphatic carbocycles. The molecule has 0 fully saturated rings. The van der Waals surface area contributed by atoms with E-state index in [4.69, 9.17) is 0 Å². The van der Waals surface area contributed by atoms with Crippen LogP contribution in [0.5, 0.6) is 0 Å². The molecule has 0 spiro atoms. The lowest BCUT2D eigenvalue weighted by atomic mass is 9.79. The number of benzene rings is 1. The largest absolute Gasteiger partial charge is 0.324 e. The molecule has 21 heavy (non-hydrogen) atoms. The van der Waals surface area contributed by atoms with E-state index in [0.717, 1.165) is 36.9 Å². The van der Waals surface area contributed by atoms with Crippen LogP contribution in [0.1, 0.15) is 58.4 Å². The first-order valence-electron chi connectivity index (χ1n) is 7.94. The molecular formula is C18H26N2O. The first-order chi connectivity index (χ1) is 10.1. The van der Waals surface area contributed by atoms with Gasteiger partial charge in [-0.1, -0.05) is 58.2 Å². The van der Waals surface area contributed by atoms with E-state index < -0.39 is 5.41 Å². The second-order valence-electron chi connectivity index (χ2n) is 5.56. The molecular weight excluding hydrogens is 260 g/mol. The quantitative estimate of drug-likeness (QED) is 0.753. The number of carbonyl (C=O) groups is 1. The van der Waals surface area contributed by atoms with E-state index in [-0.39, 0.29) is 5.91 Å². The zero-order chi connectivity index (χ0) is 15.7. The number of nitriles is 1. The van der Waals surface area contributed by atoms with E-state index in [0.29, 0.717) is 12.8 Å². The Bertz CT molecular complexity index is 496. The predicted octanol–water partition coefficient (Wildman–Crippen LogP) is 4.69. The van der Waals surface area contributed by atoms with Crippen molar-refractivity contribution in [1.82, 2.24) is 0 Å². The van der Waals surface area contributed by atoms with Gasteiger partial charge in [-0.3, -0.25) is 4.79 Å². The van der Waals surface area contributed by atoms with E-state index in [1.807, 2.05) is 38.1 Å². The molecule has 1 aromatic rings. The Labute approximate surface area is 128 Å². The number of anilines is 1. The highest BCUT2D eigenvalue weighted by atomic mass is 16.2. The average Bonchev–Trinajstić information content (AvgIpc) is 2.49. The molecule has 0 heterocycles. The van der Waals surface area contributed by atoms with Crippen LogP contribution in [0.4, 0.5) is 5.69 Å². The van der Waals surface area contributed by atoms with E-state index in [9.17, 15) is 10.1 Å². The number of carbonyl (C=O) groups excluding carboxylic acids is 1. The van der Waals surface area contributed by atoms with Gasteiger partial charge in [0.2, 0.25) is 5.91 Å². The monoisotopic (exact) mass is 286 g/mol. The fourth-order valence-electron chi connectivity index (χ4n) is 2.74. The highest BCUT2D eigenvalue weighted by Gasteiger charge is 2.37. The minimum absolute atomic E-state index is 0.155. The lowest BCUT2D eigenvalue weighted by molar-refractivity contribution is -0.123. The molecule has 0 unspecified atom stereocenters. The summed E-state index contributed by atoms with van der Waals surface area (Å²) in [6.45, 7) is 6.15. The normalized spacial score (nSPS) is 11.0. The first kappa shape index (κ1) is 17.2. The van der Waals surface area contributed by atoms with Gasteiger partial charge >= 0.3 is 0 Å². The van der Waals surface area contributed by atoms with Crippen LogP contribution < -0.4 is 5.32 Å². The molecule has 0 aliphatic heterocycles. The van der Waals surface area contributed by atoms with Crippen molar-refractivity contribution in [3.63, 3.8) is 0 Å². The number of nitrogens with one attached hydrogen (secondary N) is 1. The van der Waals surface area contributed by atoms with Gasteiger partial charge in [-0.2, -0.15) is 5.26 Å². The van der Waals surface area contributed by atoms with E-state index in [2.05, 4.69) is 18.3 Å². The molecule has 1 rings (SSSR count). The summed E-state index contributed by atoms with van der Waals surface area (Å²) < 4.78 is 0. The van der Waals surface area contributed by atoms with Crippen molar-refractivity contribution < 1.29 is 4.79 Å². The zero-order valence-electron chi connectivity index (χ0n) is 13.4. The van der Waals surface area contributed by atoms with Crippen LogP contribution in [0, 0.1) is 16.7 Å². The van der Waals surface area contributed by atoms with Crippen LogP contribution in [0.25, 0.3) is 0 Å². The molecule has 114 valence electrons. The Morgan fingerprint density at radius 2 is 1.76 bits per heavy atom. The predicted molar refractivity (Wildman–Crippen MR) is 86.9 cm³/mol. The van der Waals surface area contributed by atoms with Gasteiger partial charge in [-0.05, 0) is 30.9 Å². The standard InChI is InChI=1S/C18H26N2O/c1-4-9-15-10-7-8-11-16(15)20-17(21)18(14-19,12-5-2)13-6-3/h7-8,10-11H,4-6,9,12-13H2,1-3H3,(H,20,21). The number of para-hydroxylation sites is 1. The lowest BCUT2D eigenvalue weighted by Gasteiger charge is -2.25. The lowest BCUT2D eigenvalue weighted by Crippen LogP contribution is -2.35. The number of hydrogen-bond donors (Lipinski definition) is 1. The highest BCUT2D eigenvalue weighted by molar-refractivity contribution is 5.97. The van der Waals surface area contributed by atoms with Crippen LogP contribution in [0.3, 0.4) is 0 Å². The van der Waals surface area contributed by atoms with E-state index >= 15 is 0 Å². The number of hydrogen-bond acceptors (Lipinski definition) is 2. The summed E-state index contributed by atoms with van der Waals surface area (Å²) >= 11 is 0. The van der Waals surface area contributed by atoms with E-state index in [1.54, 1.807) is 0 Å². The van der Waals surface area contributed by atoms with Crippen molar-refractivity contribution in [3.8, 4) is 6.07 Å². The number of aryl methyl sites for hydroxylation is 1. The second-order valence-corrected chi connectivity index (χ2v) is 5.56. The molecule has 0 aromatic heterocycles. The molecule has 0 atom stereocenters. The smallest absolute Gasteiger partial charge is 0.244 e. The molecule has 0 saturated heterocycles. The molecule has 1 amide bonds. The van der Waals surface area contributed by atoms with Crippen molar-refractivity contribution >= 4 is 11.6 Å². The number of nitrogens with zero attached hydrogens (tertiary/aromatic N) is 1. The Morgan fingerprint density at radius 1 is 1.14 bits per heavy atom. The van der Waals surface area contributed by atoms with Crippen LogP contribution in [-0.4, -0.2) is 5.91 Å². The van der Waals surface area contributed by atoms with Crippen molar-refractivity contribution in [3.05, 3.63) is 29.8 Å². The molecule has 1 aromatic carbocycles. The van der Waals surface area contributed by atoms with Crippen molar-refractivity contribution in [1.29, 1.82) is 5.26 Å².